The van der Waals surface area contributed by atoms with Crippen LogP contribution in [0.15, 0.2) is 0 Å². The summed E-state index contributed by atoms with van der Waals surface area (Å²) >= 11 is 0. The Morgan fingerprint density at radius 3 is 2.48 bits per heavy atom. The maximum absolute atomic E-state index is 12.5. The van der Waals surface area contributed by atoms with Crippen molar-refractivity contribution in [2.45, 2.75) is 51.7 Å². The van der Waals surface area contributed by atoms with Crippen LogP contribution in [-0.4, -0.2) is 61.6 Å². The van der Waals surface area contributed by atoms with Crippen molar-refractivity contribution in [1.82, 2.24) is 10.2 Å². The molecule has 2 aliphatic rings. The third kappa shape index (κ3) is 5.37. The van der Waals surface area contributed by atoms with Crippen LogP contribution in [0.1, 0.15) is 40.0 Å². The van der Waals surface area contributed by atoms with Crippen molar-refractivity contribution in [3.8, 4) is 0 Å². The molecule has 0 unspecified atom stereocenters. The molecule has 2 heterocycles. The number of sulfone groups is 1. The van der Waals surface area contributed by atoms with E-state index in [0.29, 0.717) is 19.5 Å². The Morgan fingerprint density at radius 1 is 1.22 bits per heavy atom. The van der Waals surface area contributed by atoms with E-state index in [1.54, 1.807) is 25.7 Å². The molecule has 2 aliphatic heterocycles. The highest BCUT2D eigenvalue weighted by Crippen LogP contribution is 2.23. The highest BCUT2D eigenvalue weighted by atomic mass is 32.2. The highest BCUT2D eigenvalue weighted by molar-refractivity contribution is 7.91. The zero-order valence-corrected chi connectivity index (χ0v) is 14.8. The van der Waals surface area contributed by atoms with Crippen LogP contribution in [0.5, 0.6) is 0 Å². The molecule has 2 amide bonds. The minimum Gasteiger partial charge on any atom is -0.444 e. The summed E-state index contributed by atoms with van der Waals surface area (Å²) in [5, 5.41) is 2.79. The first kappa shape index (κ1) is 18.0. The van der Waals surface area contributed by atoms with E-state index in [-0.39, 0.29) is 23.5 Å². The number of hydrogen-bond acceptors (Lipinski definition) is 5. The van der Waals surface area contributed by atoms with Crippen LogP contribution in [0, 0.1) is 5.92 Å². The molecular weight excluding hydrogens is 320 g/mol. The van der Waals surface area contributed by atoms with Crippen LogP contribution < -0.4 is 5.32 Å². The number of ether oxygens (including phenoxy) is 1. The predicted molar refractivity (Wildman–Crippen MR) is 85.7 cm³/mol. The number of alkyl carbamates (subject to hydrolysis) is 1. The molecule has 0 radical (unpaired) electrons. The number of likely N-dealkylation sites (tertiary alicyclic amines) is 1. The van der Waals surface area contributed by atoms with Crippen molar-refractivity contribution in [3.63, 3.8) is 0 Å². The van der Waals surface area contributed by atoms with E-state index in [0.717, 1.165) is 12.8 Å². The molecule has 2 rings (SSSR count). The molecule has 0 saturated carbocycles. The fourth-order valence-electron chi connectivity index (χ4n) is 3.02. The summed E-state index contributed by atoms with van der Waals surface area (Å²) in [6.07, 6.45) is 1.49. The van der Waals surface area contributed by atoms with Crippen LogP contribution in [-0.2, 0) is 19.4 Å². The Hall–Kier alpha value is -1.31. The zero-order chi connectivity index (χ0) is 17.3. The molecule has 0 aromatic rings. The summed E-state index contributed by atoms with van der Waals surface area (Å²) < 4.78 is 28.3. The van der Waals surface area contributed by atoms with Gasteiger partial charge in [-0.25, -0.2) is 13.2 Å². The first-order chi connectivity index (χ1) is 10.6. The lowest BCUT2D eigenvalue weighted by Gasteiger charge is -2.34. The van der Waals surface area contributed by atoms with Gasteiger partial charge >= 0.3 is 6.09 Å². The fourth-order valence-corrected chi connectivity index (χ4v) is 4.75. The Morgan fingerprint density at radius 2 is 1.91 bits per heavy atom. The summed E-state index contributed by atoms with van der Waals surface area (Å²) in [6.45, 7) is 6.41. The van der Waals surface area contributed by atoms with Gasteiger partial charge in [-0.05, 0) is 40.0 Å². The van der Waals surface area contributed by atoms with E-state index in [4.69, 9.17) is 4.74 Å². The summed E-state index contributed by atoms with van der Waals surface area (Å²) in [5.74, 6) is -0.495. The van der Waals surface area contributed by atoms with Crippen LogP contribution in [0.2, 0.25) is 0 Å². The summed E-state index contributed by atoms with van der Waals surface area (Å²) in [7, 11) is -3.07. The van der Waals surface area contributed by atoms with E-state index in [2.05, 4.69) is 5.32 Å². The fraction of sp³-hybridized carbons (Fsp3) is 0.867. The average molecular weight is 346 g/mol. The first-order valence-corrected chi connectivity index (χ1v) is 9.86. The van der Waals surface area contributed by atoms with E-state index in [1.807, 2.05) is 0 Å². The normalized spacial score (nSPS) is 27.5. The number of piperidine rings is 1. The molecule has 0 spiro atoms. The van der Waals surface area contributed by atoms with Crippen LogP contribution >= 0.6 is 0 Å². The van der Waals surface area contributed by atoms with Crippen molar-refractivity contribution in [2.75, 3.05) is 24.6 Å². The number of carbonyl (C=O) groups excluding carboxylic acids is 2. The van der Waals surface area contributed by atoms with Gasteiger partial charge in [0.1, 0.15) is 5.60 Å². The van der Waals surface area contributed by atoms with Gasteiger partial charge in [-0.15, -0.1) is 0 Å². The number of nitrogens with one attached hydrogen (secondary N) is 1. The minimum atomic E-state index is -3.07. The van der Waals surface area contributed by atoms with Crippen LogP contribution in [0.25, 0.3) is 0 Å². The molecule has 0 aromatic carbocycles. The van der Waals surface area contributed by atoms with Gasteiger partial charge in [0.25, 0.3) is 0 Å². The van der Waals surface area contributed by atoms with Crippen molar-refractivity contribution in [2.24, 2.45) is 5.92 Å². The van der Waals surface area contributed by atoms with Gasteiger partial charge < -0.3 is 15.0 Å². The number of carbonyl (C=O) groups is 2. The maximum Gasteiger partial charge on any atom is 0.407 e. The Balaban J connectivity index is 1.88. The van der Waals surface area contributed by atoms with Gasteiger partial charge in [-0.1, -0.05) is 0 Å². The van der Waals surface area contributed by atoms with Crippen LogP contribution in [0.4, 0.5) is 4.79 Å². The van der Waals surface area contributed by atoms with Gasteiger partial charge in [0, 0.05) is 19.1 Å². The monoisotopic (exact) mass is 346 g/mol. The molecule has 0 aliphatic carbocycles. The molecule has 0 aromatic heterocycles. The SMILES string of the molecule is CC(C)(C)OC(=O)N[C@H]1CCCN(C(=O)[C@H]2CCS(=O)(=O)C2)C1. The number of nitrogens with zero attached hydrogens (tertiary/aromatic N) is 1. The molecule has 2 fully saturated rings. The topological polar surface area (TPSA) is 92.8 Å². The average Bonchev–Trinajstić information content (AvgIpc) is 2.76. The summed E-state index contributed by atoms with van der Waals surface area (Å²) in [4.78, 5) is 26.0. The predicted octanol–water partition coefficient (Wildman–Crippen LogP) is 0.937. The largest absolute Gasteiger partial charge is 0.444 e. The van der Waals surface area contributed by atoms with E-state index in [9.17, 15) is 18.0 Å². The number of rotatable bonds is 2. The molecule has 2 atom stereocenters. The molecule has 8 heteroatoms. The van der Waals surface area contributed by atoms with E-state index in [1.165, 1.54) is 0 Å². The second kappa shape index (κ2) is 6.67. The van der Waals surface area contributed by atoms with Crippen molar-refractivity contribution < 1.29 is 22.7 Å². The molecular formula is C15H26N2O5S. The third-order valence-corrected chi connectivity index (χ3v) is 5.80. The standard InChI is InChI=1S/C15H26N2O5S/c1-15(2,3)22-14(19)16-12-5-4-7-17(9-12)13(18)11-6-8-23(20,21)10-11/h11-12H,4-10H2,1-3H3,(H,16,19)/t11-,12-/m0/s1. The van der Waals surface area contributed by atoms with Gasteiger partial charge in [-0.2, -0.15) is 0 Å². The molecule has 7 nitrogen and oxygen atoms in total. The van der Waals surface area contributed by atoms with Crippen LogP contribution in [0.3, 0.4) is 0 Å². The second-order valence-corrected chi connectivity index (χ2v) is 9.60. The summed E-state index contributed by atoms with van der Waals surface area (Å²) in [5.41, 5.74) is -0.563. The molecule has 132 valence electrons. The smallest absolute Gasteiger partial charge is 0.407 e. The summed E-state index contributed by atoms with van der Waals surface area (Å²) in [6, 6.07) is -0.152. The van der Waals surface area contributed by atoms with Gasteiger partial charge in [0.15, 0.2) is 9.84 Å². The number of hydrogen-bond donors (Lipinski definition) is 1. The maximum atomic E-state index is 12.5. The Bertz CT molecular complexity index is 567. The Labute approximate surface area is 137 Å². The van der Waals surface area contributed by atoms with Gasteiger partial charge in [-0.3, -0.25) is 4.79 Å². The van der Waals surface area contributed by atoms with Crippen molar-refractivity contribution in [3.05, 3.63) is 0 Å². The lowest BCUT2D eigenvalue weighted by atomic mass is 10.0. The van der Waals surface area contributed by atoms with Crippen molar-refractivity contribution in [1.29, 1.82) is 0 Å². The third-order valence-electron chi connectivity index (χ3n) is 4.04. The Kier molecular flexibility index (Phi) is 5.23. The van der Waals surface area contributed by atoms with E-state index >= 15 is 0 Å². The molecule has 2 saturated heterocycles. The first-order valence-electron chi connectivity index (χ1n) is 8.04. The molecule has 23 heavy (non-hydrogen) atoms. The van der Waals surface area contributed by atoms with Crippen molar-refractivity contribution >= 4 is 21.8 Å². The lowest BCUT2D eigenvalue weighted by Crippen LogP contribution is -2.51. The van der Waals surface area contributed by atoms with E-state index < -0.39 is 27.4 Å². The minimum absolute atomic E-state index is 0.0491. The highest BCUT2D eigenvalue weighted by Gasteiger charge is 2.37. The lowest BCUT2D eigenvalue weighted by molar-refractivity contribution is -0.136. The molecule has 1 N–H and O–H groups in total. The quantitative estimate of drug-likeness (QED) is 0.803. The number of amides is 2. The zero-order valence-electron chi connectivity index (χ0n) is 14.0. The molecule has 0 bridgehead atoms. The van der Waals surface area contributed by atoms with Gasteiger partial charge in [0.2, 0.25) is 5.91 Å². The van der Waals surface area contributed by atoms with Gasteiger partial charge in [0.05, 0.1) is 17.4 Å². The second-order valence-electron chi connectivity index (χ2n) is 7.37.